The maximum absolute atomic E-state index is 12.6. The average Bonchev–Trinajstić information content (AvgIpc) is 3.08. The molecule has 1 saturated heterocycles. The number of thioether (sulfide) groups is 1. The van der Waals surface area contributed by atoms with Crippen LogP contribution in [0.15, 0.2) is 36.5 Å². The molecule has 1 fully saturated rings. The van der Waals surface area contributed by atoms with E-state index in [0.717, 1.165) is 30.1 Å². The number of hydrogen-bond acceptors (Lipinski definition) is 4. The van der Waals surface area contributed by atoms with Gasteiger partial charge < -0.3 is 10.1 Å². The van der Waals surface area contributed by atoms with Crippen molar-refractivity contribution in [1.29, 1.82) is 0 Å². The molecule has 8 heteroatoms. The molecule has 1 aromatic heterocycles. The summed E-state index contributed by atoms with van der Waals surface area (Å²) in [6.07, 6.45) is -3.70. The Hall–Kier alpha value is -1.44. The Bertz CT molecular complexity index is 703. The van der Waals surface area contributed by atoms with Crippen molar-refractivity contribution < 1.29 is 17.9 Å². The van der Waals surface area contributed by atoms with Crippen LogP contribution in [0.5, 0.6) is 5.75 Å². The summed E-state index contributed by atoms with van der Waals surface area (Å²) in [6.45, 7) is 0.998. The van der Waals surface area contributed by atoms with Crippen molar-refractivity contribution in [2.45, 2.75) is 18.2 Å². The summed E-state index contributed by atoms with van der Waals surface area (Å²) >= 11 is 7.70. The monoisotopic (exact) mass is 374 g/mol. The first-order valence-corrected chi connectivity index (χ1v) is 8.65. The van der Waals surface area contributed by atoms with Crippen molar-refractivity contribution in [1.82, 2.24) is 10.3 Å². The third-order valence-corrected chi connectivity index (χ3v) is 5.06. The van der Waals surface area contributed by atoms with Crippen LogP contribution >= 0.6 is 23.4 Å². The van der Waals surface area contributed by atoms with Gasteiger partial charge in [0.1, 0.15) is 12.4 Å². The van der Waals surface area contributed by atoms with E-state index in [1.54, 1.807) is 0 Å². The number of hydrogen-bond donors (Lipinski definition) is 1. The fourth-order valence-electron chi connectivity index (χ4n) is 2.26. The number of alkyl halides is 3. The van der Waals surface area contributed by atoms with E-state index in [2.05, 4.69) is 10.3 Å². The summed E-state index contributed by atoms with van der Waals surface area (Å²) in [7, 11) is 0. The van der Waals surface area contributed by atoms with Gasteiger partial charge in [-0.05, 0) is 23.8 Å². The average molecular weight is 375 g/mol. The van der Waals surface area contributed by atoms with Gasteiger partial charge in [-0.3, -0.25) is 4.98 Å². The molecule has 2 aromatic rings. The molecule has 0 bridgehead atoms. The Labute approximate surface area is 146 Å². The van der Waals surface area contributed by atoms with Gasteiger partial charge in [0.15, 0.2) is 0 Å². The lowest BCUT2D eigenvalue weighted by Gasteiger charge is -2.12. The molecule has 24 heavy (non-hydrogen) atoms. The number of nitrogens with zero attached hydrogens (tertiary/aromatic N) is 1. The minimum Gasteiger partial charge on any atom is -0.487 e. The number of ether oxygens (including phenoxy) is 1. The maximum Gasteiger partial charge on any atom is 0.417 e. The number of nitrogens with one attached hydrogen (secondary N) is 1. The molecule has 0 spiro atoms. The van der Waals surface area contributed by atoms with Gasteiger partial charge in [0.2, 0.25) is 0 Å². The molecule has 0 radical (unpaired) electrons. The zero-order chi connectivity index (χ0) is 17.2. The van der Waals surface area contributed by atoms with E-state index < -0.39 is 11.7 Å². The smallest absolute Gasteiger partial charge is 0.417 e. The van der Waals surface area contributed by atoms with Gasteiger partial charge in [0.05, 0.1) is 21.7 Å². The minimum absolute atomic E-state index is 0.00669. The SMILES string of the molecule is FC(F)(F)c1cnc(COc2ccc([C@@H]3NCCS3)cc2)c(Cl)c1. The Morgan fingerprint density at radius 3 is 2.62 bits per heavy atom. The highest BCUT2D eigenvalue weighted by Gasteiger charge is 2.31. The molecule has 1 aromatic carbocycles. The molecular formula is C16H14ClF3N2OS. The summed E-state index contributed by atoms with van der Waals surface area (Å²) < 4.78 is 43.3. The third kappa shape index (κ3) is 4.15. The molecule has 3 rings (SSSR count). The highest BCUT2D eigenvalue weighted by Crippen LogP contribution is 2.32. The lowest BCUT2D eigenvalue weighted by molar-refractivity contribution is -0.137. The van der Waals surface area contributed by atoms with Crippen LogP contribution in [0.3, 0.4) is 0 Å². The summed E-state index contributed by atoms with van der Waals surface area (Å²) in [5, 5.41) is 3.61. The van der Waals surface area contributed by atoms with Crippen molar-refractivity contribution in [2.24, 2.45) is 0 Å². The normalized spacial score (nSPS) is 17.9. The minimum atomic E-state index is -4.46. The second kappa shape index (κ2) is 7.21. The van der Waals surface area contributed by atoms with Crippen molar-refractivity contribution >= 4 is 23.4 Å². The fourth-order valence-corrected chi connectivity index (χ4v) is 3.54. The highest BCUT2D eigenvalue weighted by molar-refractivity contribution is 7.99. The predicted octanol–water partition coefficient (Wildman–Crippen LogP) is 4.67. The number of rotatable bonds is 4. The van der Waals surface area contributed by atoms with E-state index in [1.807, 2.05) is 36.0 Å². The molecule has 0 aliphatic carbocycles. The number of aromatic nitrogens is 1. The fraction of sp³-hybridized carbons (Fsp3) is 0.312. The third-order valence-electron chi connectivity index (χ3n) is 3.52. The zero-order valence-corrected chi connectivity index (χ0v) is 14.0. The van der Waals surface area contributed by atoms with Crippen LogP contribution in [0, 0.1) is 0 Å². The molecule has 3 nitrogen and oxygen atoms in total. The van der Waals surface area contributed by atoms with Crippen LogP contribution in [0.4, 0.5) is 13.2 Å². The Balaban J connectivity index is 1.63. The van der Waals surface area contributed by atoms with E-state index in [9.17, 15) is 13.2 Å². The topological polar surface area (TPSA) is 34.1 Å². The lowest BCUT2D eigenvalue weighted by atomic mass is 10.2. The van der Waals surface area contributed by atoms with Crippen molar-refractivity contribution in [2.75, 3.05) is 12.3 Å². The molecule has 0 saturated carbocycles. The van der Waals surface area contributed by atoms with Crippen molar-refractivity contribution in [3.05, 3.63) is 58.4 Å². The maximum atomic E-state index is 12.6. The zero-order valence-electron chi connectivity index (χ0n) is 12.4. The second-order valence-electron chi connectivity index (χ2n) is 5.21. The van der Waals surface area contributed by atoms with Crippen molar-refractivity contribution in [3.63, 3.8) is 0 Å². The molecule has 1 aliphatic heterocycles. The van der Waals surface area contributed by atoms with Crippen molar-refractivity contribution in [3.8, 4) is 5.75 Å². The van der Waals surface area contributed by atoms with Crippen LogP contribution in [0.1, 0.15) is 22.2 Å². The molecule has 1 N–H and O–H groups in total. The van der Waals surface area contributed by atoms with E-state index in [1.165, 1.54) is 0 Å². The molecule has 1 aliphatic rings. The molecule has 2 heterocycles. The van der Waals surface area contributed by atoms with Gasteiger partial charge in [0, 0.05) is 18.5 Å². The standard InChI is InChI=1S/C16H14ClF3N2OS/c17-13-7-11(16(18,19)20)8-22-14(13)9-23-12-3-1-10(2-4-12)15-21-5-6-24-15/h1-4,7-8,15,21H,5-6,9H2/t15-/m1/s1. The molecule has 0 unspecified atom stereocenters. The van der Waals surface area contributed by atoms with E-state index in [4.69, 9.17) is 16.3 Å². The Kier molecular flexibility index (Phi) is 5.22. The van der Waals surface area contributed by atoms with Crippen LogP contribution in [0.2, 0.25) is 5.02 Å². The van der Waals surface area contributed by atoms with Gasteiger partial charge >= 0.3 is 6.18 Å². The highest BCUT2D eigenvalue weighted by atomic mass is 35.5. The van der Waals surface area contributed by atoms with E-state index in [-0.39, 0.29) is 17.3 Å². The summed E-state index contributed by atoms with van der Waals surface area (Å²) in [5.41, 5.74) is 0.555. The van der Waals surface area contributed by atoms with Gasteiger partial charge in [-0.2, -0.15) is 13.2 Å². The largest absolute Gasteiger partial charge is 0.487 e. The van der Waals surface area contributed by atoms with Gasteiger partial charge in [-0.15, -0.1) is 11.8 Å². The molecule has 128 valence electrons. The van der Waals surface area contributed by atoms with E-state index >= 15 is 0 Å². The van der Waals surface area contributed by atoms with Crippen LogP contribution in [0.25, 0.3) is 0 Å². The van der Waals surface area contributed by atoms with Crippen LogP contribution < -0.4 is 10.1 Å². The summed E-state index contributed by atoms with van der Waals surface area (Å²) in [6, 6.07) is 8.45. The van der Waals surface area contributed by atoms with Gasteiger partial charge in [-0.1, -0.05) is 23.7 Å². The van der Waals surface area contributed by atoms with Gasteiger partial charge in [-0.25, -0.2) is 0 Å². The van der Waals surface area contributed by atoms with Crippen LogP contribution in [-0.2, 0) is 12.8 Å². The molecular weight excluding hydrogens is 361 g/mol. The summed E-state index contributed by atoms with van der Waals surface area (Å²) in [4.78, 5) is 3.75. The Morgan fingerprint density at radius 2 is 2.04 bits per heavy atom. The lowest BCUT2D eigenvalue weighted by Crippen LogP contribution is -2.11. The van der Waals surface area contributed by atoms with Crippen LogP contribution in [-0.4, -0.2) is 17.3 Å². The molecule has 1 atom stereocenters. The Morgan fingerprint density at radius 1 is 1.29 bits per heavy atom. The van der Waals surface area contributed by atoms with Gasteiger partial charge in [0.25, 0.3) is 0 Å². The second-order valence-corrected chi connectivity index (χ2v) is 6.83. The number of benzene rings is 1. The molecule has 0 amide bonds. The predicted molar refractivity (Wildman–Crippen MR) is 88.2 cm³/mol. The first-order chi connectivity index (χ1) is 11.4. The first-order valence-electron chi connectivity index (χ1n) is 7.23. The number of halogens is 4. The quantitative estimate of drug-likeness (QED) is 0.843. The number of pyridine rings is 1. The summed E-state index contributed by atoms with van der Waals surface area (Å²) in [5.74, 6) is 1.69. The van der Waals surface area contributed by atoms with E-state index in [0.29, 0.717) is 11.1 Å². The first kappa shape index (κ1) is 17.4.